The molecule has 3 N–H and O–H groups in total. The molecule has 0 bridgehead atoms. The molecule has 14 nitrogen and oxygen atoms in total. The number of hydrogen-bond acceptors (Lipinski definition) is 10. The number of likely N-dealkylation sites (tertiary alicyclic amines) is 1. The van der Waals surface area contributed by atoms with Crippen LogP contribution in [-0.2, 0) is 29.1 Å². The topological polar surface area (TPSA) is 182 Å². The molecule has 3 fully saturated rings. The lowest BCUT2D eigenvalue weighted by Gasteiger charge is -2.38. The third-order valence-electron chi connectivity index (χ3n) is 10.0. The highest BCUT2D eigenvalue weighted by atomic mass is 35.5. The Kier molecular flexibility index (Phi) is 10.5. The van der Waals surface area contributed by atoms with Crippen LogP contribution in [0.1, 0.15) is 74.7 Å². The Morgan fingerprint density at radius 1 is 1.09 bits per heavy atom. The second-order valence-electron chi connectivity index (χ2n) is 16.8. The zero-order valence-corrected chi connectivity index (χ0v) is 33.2. The number of pyridine rings is 1. The summed E-state index contributed by atoms with van der Waals surface area (Å²) < 4.78 is 45.3. The van der Waals surface area contributed by atoms with E-state index < -0.39 is 85.2 Å². The summed E-state index contributed by atoms with van der Waals surface area (Å²) in [6.45, 7) is 17.6. The lowest BCUT2D eigenvalue weighted by Crippen LogP contribution is -2.62. The number of amides is 4. The minimum absolute atomic E-state index is 0.114. The van der Waals surface area contributed by atoms with Crippen molar-refractivity contribution >= 4 is 56.2 Å². The molecule has 16 heteroatoms. The lowest BCUT2D eigenvalue weighted by atomic mass is 9.81. The van der Waals surface area contributed by atoms with Gasteiger partial charge in [0.15, 0.2) is 0 Å². The third kappa shape index (κ3) is 8.20. The highest BCUT2D eigenvalue weighted by molar-refractivity contribution is 7.91. The van der Waals surface area contributed by atoms with Crippen molar-refractivity contribution < 1.29 is 41.8 Å². The van der Waals surface area contributed by atoms with Crippen molar-refractivity contribution in [2.45, 2.75) is 109 Å². The van der Waals surface area contributed by atoms with Gasteiger partial charge in [-0.2, -0.15) is 0 Å². The molecule has 5 atom stereocenters. The summed E-state index contributed by atoms with van der Waals surface area (Å²) in [6.07, 6.45) is 2.32. The fourth-order valence-corrected chi connectivity index (χ4v) is 8.32. The van der Waals surface area contributed by atoms with E-state index in [0.29, 0.717) is 34.4 Å². The minimum atomic E-state index is -3.93. The van der Waals surface area contributed by atoms with Gasteiger partial charge in [0.25, 0.3) is 5.91 Å². The van der Waals surface area contributed by atoms with Crippen LogP contribution >= 0.6 is 11.6 Å². The molecule has 5 rings (SSSR count). The summed E-state index contributed by atoms with van der Waals surface area (Å²) in [5.41, 5.74) is -4.47. The average Bonchev–Trinajstić information content (AvgIpc) is 3.96. The predicted molar refractivity (Wildman–Crippen MR) is 199 cm³/mol. The van der Waals surface area contributed by atoms with Crippen molar-refractivity contribution in [2.24, 2.45) is 16.7 Å². The van der Waals surface area contributed by atoms with Gasteiger partial charge in [-0.15, -0.1) is 6.58 Å². The average molecular weight is 776 g/mol. The molecule has 0 spiro atoms. The van der Waals surface area contributed by atoms with Gasteiger partial charge < -0.3 is 29.7 Å². The quantitative estimate of drug-likeness (QED) is 0.275. The number of nitrogens with zero attached hydrogens (tertiary/aromatic N) is 2. The Balaban J connectivity index is 1.54. The van der Waals surface area contributed by atoms with E-state index in [4.69, 9.17) is 25.8 Å². The third-order valence-corrected chi connectivity index (χ3v) is 12.1. The molecule has 1 aliphatic heterocycles. The van der Waals surface area contributed by atoms with Crippen molar-refractivity contribution in [3.63, 3.8) is 0 Å². The Morgan fingerprint density at radius 3 is 2.30 bits per heavy atom. The summed E-state index contributed by atoms with van der Waals surface area (Å²) in [5.74, 6) is -2.06. The molecule has 2 aliphatic carbocycles. The summed E-state index contributed by atoms with van der Waals surface area (Å²) in [6, 6.07) is 2.72. The number of hydrogen-bond donors (Lipinski definition) is 3. The normalized spacial score (nSPS) is 24.5. The van der Waals surface area contributed by atoms with Crippen LogP contribution in [0, 0.1) is 16.7 Å². The minimum Gasteiger partial charge on any atom is -0.494 e. The SMILES string of the molecule is C=C[C@@H]1C[C@]1(NC(=O)[C@H]1N(C(=O)[C@H](NC(=O)OC(C)(C)C)C(C)(C)C)C[C@H](Oc2ncc(OC)c3ccc(Cl)cc23)C1(C)C)C(=O)NS(=O)(=O)C1CC1. The Morgan fingerprint density at radius 2 is 1.75 bits per heavy atom. The fourth-order valence-electron chi connectivity index (χ4n) is 6.78. The number of carbonyl (C=O) groups excluding carboxylic acids is 4. The van der Waals surface area contributed by atoms with Crippen molar-refractivity contribution in [3.05, 3.63) is 42.1 Å². The van der Waals surface area contributed by atoms with Gasteiger partial charge in [0.05, 0.1) is 25.1 Å². The van der Waals surface area contributed by atoms with E-state index in [0.717, 1.165) is 0 Å². The van der Waals surface area contributed by atoms with E-state index in [-0.39, 0.29) is 18.8 Å². The molecule has 3 aliphatic rings. The zero-order chi connectivity index (χ0) is 39.5. The maximum atomic E-state index is 14.7. The predicted octanol–water partition coefficient (Wildman–Crippen LogP) is 4.49. The second kappa shape index (κ2) is 13.9. The molecule has 0 unspecified atom stereocenters. The van der Waals surface area contributed by atoms with Gasteiger partial charge >= 0.3 is 6.09 Å². The summed E-state index contributed by atoms with van der Waals surface area (Å²) >= 11 is 6.37. The molecular weight excluding hydrogens is 726 g/mol. The van der Waals surface area contributed by atoms with Gasteiger partial charge in [0.2, 0.25) is 27.7 Å². The van der Waals surface area contributed by atoms with Gasteiger partial charge in [-0.25, -0.2) is 18.2 Å². The van der Waals surface area contributed by atoms with Crippen molar-refractivity contribution in [2.75, 3.05) is 13.7 Å². The highest BCUT2D eigenvalue weighted by Crippen LogP contribution is 2.47. The number of nitrogens with one attached hydrogen (secondary N) is 3. The van der Waals surface area contributed by atoms with E-state index >= 15 is 0 Å². The van der Waals surface area contributed by atoms with E-state index in [1.807, 2.05) is 0 Å². The van der Waals surface area contributed by atoms with Gasteiger partial charge in [-0.3, -0.25) is 19.1 Å². The largest absolute Gasteiger partial charge is 0.494 e. The number of alkyl carbamates (subject to hydrolysis) is 1. The Hall–Kier alpha value is -4.11. The monoisotopic (exact) mass is 775 g/mol. The van der Waals surface area contributed by atoms with E-state index in [1.165, 1.54) is 24.3 Å². The number of aromatic nitrogens is 1. The molecule has 0 radical (unpaired) electrons. The molecule has 1 aromatic carbocycles. The summed E-state index contributed by atoms with van der Waals surface area (Å²) in [5, 5.41) is 6.51. The molecule has 53 heavy (non-hydrogen) atoms. The lowest BCUT2D eigenvalue weighted by molar-refractivity contribution is -0.145. The fraction of sp³-hybridized carbons (Fsp3) is 0.595. The second-order valence-corrected chi connectivity index (χ2v) is 19.2. The van der Waals surface area contributed by atoms with Crippen LogP contribution in [0.5, 0.6) is 11.6 Å². The van der Waals surface area contributed by atoms with E-state index in [1.54, 1.807) is 73.6 Å². The van der Waals surface area contributed by atoms with Crippen LogP contribution in [-0.4, -0.2) is 90.3 Å². The number of halogens is 1. The van der Waals surface area contributed by atoms with Gasteiger partial charge in [0.1, 0.15) is 35.1 Å². The molecule has 4 amide bonds. The smallest absolute Gasteiger partial charge is 0.408 e. The maximum absolute atomic E-state index is 14.7. The molecule has 2 heterocycles. The molecule has 2 saturated carbocycles. The first-order valence-corrected chi connectivity index (χ1v) is 19.5. The van der Waals surface area contributed by atoms with Gasteiger partial charge in [-0.05, 0) is 63.6 Å². The van der Waals surface area contributed by atoms with Crippen molar-refractivity contribution in [1.82, 2.24) is 25.2 Å². The summed E-state index contributed by atoms with van der Waals surface area (Å²) in [4.78, 5) is 61.9. The first-order valence-electron chi connectivity index (χ1n) is 17.5. The zero-order valence-electron chi connectivity index (χ0n) is 31.7. The first-order chi connectivity index (χ1) is 24.4. The van der Waals surface area contributed by atoms with E-state index in [2.05, 4.69) is 26.9 Å². The number of fused-ring (bicyclic) bond motifs is 1. The highest BCUT2D eigenvalue weighted by Gasteiger charge is 2.64. The van der Waals surface area contributed by atoms with Crippen molar-refractivity contribution in [1.29, 1.82) is 0 Å². The van der Waals surface area contributed by atoms with Gasteiger partial charge in [-0.1, -0.05) is 52.3 Å². The summed E-state index contributed by atoms with van der Waals surface area (Å²) in [7, 11) is -2.42. The molecule has 2 aromatic rings. The number of benzene rings is 1. The number of methoxy groups -OCH3 is 1. The van der Waals surface area contributed by atoms with Crippen LogP contribution in [0.4, 0.5) is 4.79 Å². The standard InChI is InChI=1S/C37H50ClN5O9S/c1-11-20-17-37(20,32(46)42-53(48,49)22-13-14-22)41-29(44)28-36(8,9)26(51-30-24-16-21(38)12-15-23(24)25(50-10)18-39-30)19-43(28)31(45)27(34(2,3)4)40-33(47)52-35(5,6)7/h11-12,15-16,18,20,22,26-28H,1,13-14,17,19H2,2-10H3,(H,40,47)(H,41,44)(H,42,46)/t20-,26+,27+,28-,37-/m1/s1. The van der Waals surface area contributed by atoms with Crippen molar-refractivity contribution in [3.8, 4) is 11.6 Å². The van der Waals surface area contributed by atoms with Crippen LogP contribution in [0.3, 0.4) is 0 Å². The van der Waals surface area contributed by atoms with Crippen LogP contribution in [0.15, 0.2) is 37.1 Å². The number of ether oxygens (including phenoxy) is 3. The maximum Gasteiger partial charge on any atom is 0.408 e. The van der Waals surface area contributed by atoms with E-state index in [9.17, 15) is 27.6 Å². The van der Waals surface area contributed by atoms with Crippen LogP contribution < -0.4 is 24.8 Å². The molecule has 290 valence electrons. The Labute approximate surface area is 315 Å². The number of carbonyl (C=O) groups is 4. The van der Waals surface area contributed by atoms with Crippen LogP contribution in [0.25, 0.3) is 10.8 Å². The number of rotatable bonds is 11. The van der Waals surface area contributed by atoms with Gasteiger partial charge in [0, 0.05) is 27.1 Å². The number of sulfonamides is 1. The molecular formula is C37H50ClN5O9S. The molecule has 1 saturated heterocycles. The molecule has 1 aromatic heterocycles. The van der Waals surface area contributed by atoms with Crippen LogP contribution in [0.2, 0.25) is 5.02 Å². The first kappa shape index (κ1) is 40.1. The Bertz CT molecular complexity index is 1940.